The highest BCUT2D eigenvalue weighted by Gasteiger charge is 2.30. The quantitative estimate of drug-likeness (QED) is 0.255. The summed E-state index contributed by atoms with van der Waals surface area (Å²) in [5.74, 6) is 0.417. The molecule has 3 atom stereocenters. The minimum absolute atomic E-state index is 0.00180. The van der Waals surface area contributed by atoms with Crippen LogP contribution in [0.4, 0.5) is 0 Å². The zero-order valence-corrected chi connectivity index (χ0v) is 15.4. The van der Waals surface area contributed by atoms with Crippen molar-refractivity contribution in [1.82, 2.24) is 5.32 Å². The molecule has 1 fully saturated rings. The highest BCUT2D eigenvalue weighted by molar-refractivity contribution is 5.78. The third kappa shape index (κ3) is 7.10. The number of rotatable bonds is 11. The molecule has 138 valence electrons. The molecule has 24 heavy (non-hydrogen) atoms. The number of nitrogens with one attached hydrogen (secondary N) is 1. The largest absolute Gasteiger partial charge is 0.393 e. The van der Waals surface area contributed by atoms with E-state index in [-0.39, 0.29) is 17.7 Å². The van der Waals surface area contributed by atoms with E-state index in [1.807, 2.05) is 13.8 Å². The lowest BCUT2D eigenvalue weighted by Gasteiger charge is -2.27. The molecule has 1 rings (SSSR count). The number of aliphatic hydroxyl groups is 1. The van der Waals surface area contributed by atoms with Gasteiger partial charge in [-0.3, -0.25) is 4.79 Å². The van der Waals surface area contributed by atoms with Crippen LogP contribution in [0, 0.1) is 17.8 Å². The van der Waals surface area contributed by atoms with Gasteiger partial charge in [0.25, 0.3) is 0 Å². The van der Waals surface area contributed by atoms with Crippen LogP contribution in [0.15, 0.2) is 5.11 Å². The van der Waals surface area contributed by atoms with Gasteiger partial charge in [0, 0.05) is 17.4 Å². The first-order chi connectivity index (χ1) is 11.5. The molecule has 0 aromatic carbocycles. The van der Waals surface area contributed by atoms with Crippen molar-refractivity contribution in [2.45, 2.75) is 84.3 Å². The second-order valence-corrected chi connectivity index (χ2v) is 7.46. The molecule has 6 nitrogen and oxygen atoms in total. The molecular formula is C18H34N4O2. The van der Waals surface area contributed by atoms with Crippen LogP contribution in [0.1, 0.15) is 72.1 Å². The van der Waals surface area contributed by atoms with E-state index in [1.165, 1.54) is 12.8 Å². The van der Waals surface area contributed by atoms with Crippen LogP contribution in [0.25, 0.3) is 10.4 Å². The van der Waals surface area contributed by atoms with Gasteiger partial charge in [0.2, 0.25) is 5.91 Å². The topological polar surface area (TPSA) is 98.1 Å². The standard InChI is InChI=1S/C18H34N4O2/c1-4-5-10-20-18(24)15(13(2)3)12-17(23)16(21-22-19)11-14-8-6-7-9-14/h13-17,23H,4-12H2,1-3H3,(H,20,24)/t15-,16-,17-/m0/s1. The zero-order chi connectivity index (χ0) is 17.9. The van der Waals surface area contributed by atoms with Crippen molar-refractivity contribution >= 4 is 5.91 Å². The summed E-state index contributed by atoms with van der Waals surface area (Å²) in [5.41, 5.74) is 8.82. The average molecular weight is 338 g/mol. The third-order valence-electron chi connectivity index (χ3n) is 5.16. The Hall–Kier alpha value is -1.26. The predicted octanol–water partition coefficient (Wildman–Crippen LogP) is 4.19. The normalized spacial score (nSPS) is 18.9. The Morgan fingerprint density at radius 2 is 2.04 bits per heavy atom. The van der Waals surface area contributed by atoms with Gasteiger partial charge in [-0.25, -0.2) is 0 Å². The van der Waals surface area contributed by atoms with Crippen LogP contribution >= 0.6 is 0 Å². The number of carbonyl (C=O) groups is 1. The Kier molecular flexibility index (Phi) is 9.80. The zero-order valence-electron chi connectivity index (χ0n) is 15.4. The van der Waals surface area contributed by atoms with Crippen molar-refractivity contribution in [2.75, 3.05) is 6.54 Å². The smallest absolute Gasteiger partial charge is 0.223 e. The van der Waals surface area contributed by atoms with Gasteiger partial charge in [-0.1, -0.05) is 58.0 Å². The third-order valence-corrected chi connectivity index (χ3v) is 5.16. The first-order valence-corrected chi connectivity index (χ1v) is 9.49. The van der Waals surface area contributed by atoms with Gasteiger partial charge in [-0.05, 0) is 36.6 Å². The average Bonchev–Trinajstić information content (AvgIpc) is 3.04. The minimum atomic E-state index is -0.758. The summed E-state index contributed by atoms with van der Waals surface area (Å²) in [5, 5.41) is 17.4. The number of unbranched alkanes of at least 4 members (excludes halogenated alkanes) is 1. The van der Waals surface area contributed by atoms with Crippen LogP contribution in [0.5, 0.6) is 0 Å². The van der Waals surface area contributed by atoms with Gasteiger partial charge in [-0.2, -0.15) is 0 Å². The summed E-state index contributed by atoms with van der Waals surface area (Å²) in [4.78, 5) is 15.3. The van der Waals surface area contributed by atoms with E-state index in [0.717, 1.165) is 32.1 Å². The Bertz CT molecular complexity index is 415. The summed E-state index contributed by atoms with van der Waals surface area (Å²) >= 11 is 0. The van der Waals surface area contributed by atoms with E-state index in [9.17, 15) is 9.90 Å². The molecule has 2 N–H and O–H groups in total. The Morgan fingerprint density at radius 1 is 1.38 bits per heavy atom. The fraction of sp³-hybridized carbons (Fsp3) is 0.944. The molecular weight excluding hydrogens is 304 g/mol. The van der Waals surface area contributed by atoms with E-state index in [4.69, 9.17) is 5.53 Å². The maximum Gasteiger partial charge on any atom is 0.223 e. The van der Waals surface area contributed by atoms with Crippen molar-refractivity contribution in [3.63, 3.8) is 0 Å². The number of hydrogen-bond donors (Lipinski definition) is 2. The van der Waals surface area contributed by atoms with Gasteiger partial charge >= 0.3 is 0 Å². The van der Waals surface area contributed by atoms with E-state index in [0.29, 0.717) is 18.9 Å². The first-order valence-electron chi connectivity index (χ1n) is 9.49. The van der Waals surface area contributed by atoms with Crippen LogP contribution in [-0.4, -0.2) is 29.7 Å². The maximum absolute atomic E-state index is 12.4. The second kappa shape index (κ2) is 11.3. The maximum atomic E-state index is 12.4. The molecule has 0 aromatic rings. The molecule has 1 aliphatic rings. The monoisotopic (exact) mass is 338 g/mol. The molecule has 1 aliphatic carbocycles. The van der Waals surface area contributed by atoms with E-state index >= 15 is 0 Å². The van der Waals surface area contributed by atoms with Gasteiger partial charge in [-0.15, -0.1) is 0 Å². The summed E-state index contributed by atoms with van der Waals surface area (Å²) in [6.07, 6.45) is 7.06. The van der Waals surface area contributed by atoms with Gasteiger partial charge in [0.05, 0.1) is 12.1 Å². The highest BCUT2D eigenvalue weighted by Crippen LogP contribution is 2.31. The number of nitrogens with zero attached hydrogens (tertiary/aromatic N) is 3. The fourth-order valence-electron chi connectivity index (χ4n) is 3.55. The van der Waals surface area contributed by atoms with E-state index in [2.05, 4.69) is 22.3 Å². The van der Waals surface area contributed by atoms with Crippen molar-refractivity contribution < 1.29 is 9.90 Å². The lowest BCUT2D eigenvalue weighted by molar-refractivity contribution is -0.127. The molecule has 0 radical (unpaired) electrons. The summed E-state index contributed by atoms with van der Waals surface area (Å²) in [6.45, 7) is 6.76. The molecule has 6 heteroatoms. The molecule has 1 amide bonds. The first kappa shape index (κ1) is 20.8. The van der Waals surface area contributed by atoms with Gasteiger partial charge < -0.3 is 10.4 Å². The number of azide groups is 1. The highest BCUT2D eigenvalue weighted by atomic mass is 16.3. The van der Waals surface area contributed by atoms with Crippen molar-refractivity contribution in [3.05, 3.63) is 10.4 Å². The lowest BCUT2D eigenvalue weighted by atomic mass is 9.85. The predicted molar refractivity (Wildman–Crippen MR) is 96.4 cm³/mol. The Morgan fingerprint density at radius 3 is 2.58 bits per heavy atom. The molecule has 0 saturated heterocycles. The Labute approximate surface area is 146 Å². The summed E-state index contributed by atoms with van der Waals surface area (Å²) in [6, 6.07) is -0.428. The molecule has 0 aromatic heterocycles. The molecule has 0 bridgehead atoms. The van der Waals surface area contributed by atoms with E-state index in [1.54, 1.807) is 0 Å². The molecule has 0 aliphatic heterocycles. The molecule has 1 saturated carbocycles. The molecule has 0 heterocycles. The van der Waals surface area contributed by atoms with E-state index < -0.39 is 12.1 Å². The van der Waals surface area contributed by atoms with Crippen molar-refractivity contribution in [1.29, 1.82) is 0 Å². The molecule has 0 unspecified atom stereocenters. The van der Waals surface area contributed by atoms with Crippen LogP contribution in [0.3, 0.4) is 0 Å². The Balaban J connectivity index is 2.63. The van der Waals surface area contributed by atoms with Crippen molar-refractivity contribution in [3.8, 4) is 0 Å². The van der Waals surface area contributed by atoms with Gasteiger partial charge in [0.1, 0.15) is 0 Å². The summed E-state index contributed by atoms with van der Waals surface area (Å²) < 4.78 is 0. The van der Waals surface area contributed by atoms with Crippen LogP contribution in [0.2, 0.25) is 0 Å². The SMILES string of the molecule is CCCCNC(=O)[C@@H](C[C@H](O)[C@H](CC1CCCC1)N=[N+]=[N-])C(C)C. The fourth-order valence-corrected chi connectivity index (χ4v) is 3.55. The van der Waals surface area contributed by atoms with Crippen LogP contribution < -0.4 is 5.32 Å². The number of amides is 1. The number of aliphatic hydroxyl groups excluding tert-OH is 1. The van der Waals surface area contributed by atoms with Crippen LogP contribution in [-0.2, 0) is 4.79 Å². The minimum Gasteiger partial charge on any atom is -0.393 e. The van der Waals surface area contributed by atoms with Crippen molar-refractivity contribution in [2.24, 2.45) is 22.9 Å². The second-order valence-electron chi connectivity index (χ2n) is 7.46. The number of hydrogen-bond acceptors (Lipinski definition) is 3. The summed E-state index contributed by atoms with van der Waals surface area (Å²) in [7, 11) is 0. The lowest BCUT2D eigenvalue weighted by Crippen LogP contribution is -2.38. The number of carbonyl (C=O) groups excluding carboxylic acids is 1. The molecule has 0 spiro atoms. The van der Waals surface area contributed by atoms with Gasteiger partial charge in [0.15, 0.2) is 0 Å².